The first-order chi connectivity index (χ1) is 19.6. The number of rotatable bonds is 3. The third kappa shape index (κ3) is 3.29. The van der Waals surface area contributed by atoms with Crippen molar-refractivity contribution in [3.05, 3.63) is 127 Å². The zero-order chi connectivity index (χ0) is 26.8. The van der Waals surface area contributed by atoms with E-state index < -0.39 is 8.07 Å². The molecular formula is C36H28N3Si-. The summed E-state index contributed by atoms with van der Waals surface area (Å²) in [5.41, 5.74) is 9.30. The number of hydrogen-bond acceptors (Lipinski definition) is 2. The zero-order valence-electron chi connectivity index (χ0n) is 22.5. The van der Waals surface area contributed by atoms with Crippen LogP contribution in [0.3, 0.4) is 0 Å². The Balaban J connectivity index is 1.44. The maximum absolute atomic E-state index is 5.31. The number of nitrogens with zero attached hydrogens (tertiary/aromatic N) is 3. The number of aromatic nitrogens is 3. The van der Waals surface area contributed by atoms with Gasteiger partial charge in [0.1, 0.15) is 0 Å². The fourth-order valence-corrected chi connectivity index (χ4v) is 10.0. The molecule has 40 heavy (non-hydrogen) atoms. The van der Waals surface area contributed by atoms with E-state index in [9.17, 15) is 0 Å². The average molecular weight is 531 g/mol. The molecule has 1 aliphatic rings. The number of para-hydroxylation sites is 2. The molecule has 192 valence electrons. The first kappa shape index (κ1) is 23.1. The Labute approximate surface area is 234 Å². The van der Waals surface area contributed by atoms with Crippen LogP contribution >= 0.6 is 0 Å². The molecule has 5 aromatic carbocycles. The van der Waals surface area contributed by atoms with Gasteiger partial charge in [-0.15, -0.1) is 0 Å². The van der Waals surface area contributed by atoms with Crippen molar-refractivity contribution in [1.82, 2.24) is 14.5 Å². The summed E-state index contributed by atoms with van der Waals surface area (Å²) >= 11 is 0. The second-order valence-corrected chi connectivity index (χ2v) is 16.3. The van der Waals surface area contributed by atoms with Crippen LogP contribution < -0.4 is 10.5 Å². The van der Waals surface area contributed by atoms with Crippen LogP contribution in [-0.2, 0) is 0 Å². The molecule has 3 heterocycles. The number of fused-ring (bicyclic) bond motifs is 6. The standard InChI is InChI=1S/C36H28N3Si/c1-40(2)32-20-12-10-18-28(32)33-34(37-35(38-36(33)40)24-13-5-3-6-14-24)25-21-22-31-29(23-25)27-17-9-11-19-30(27)39(31)26-15-7-4-8-16-26/h3-23,40H,1-2H3/q-1. The van der Waals surface area contributed by atoms with Crippen molar-refractivity contribution in [3.63, 3.8) is 0 Å². The summed E-state index contributed by atoms with van der Waals surface area (Å²) in [5.74, 6) is 0.807. The Morgan fingerprint density at radius 3 is 2.08 bits per heavy atom. The van der Waals surface area contributed by atoms with Crippen molar-refractivity contribution in [2.75, 3.05) is 0 Å². The first-order valence-electron chi connectivity index (χ1n) is 14.0. The fraction of sp³-hybridized carbons (Fsp3) is 0.0556. The van der Waals surface area contributed by atoms with Gasteiger partial charge in [0.15, 0.2) is 0 Å². The van der Waals surface area contributed by atoms with Gasteiger partial charge in [-0.1, -0.05) is 0 Å². The van der Waals surface area contributed by atoms with Crippen LogP contribution in [0.15, 0.2) is 127 Å². The van der Waals surface area contributed by atoms with Crippen LogP contribution in [0.5, 0.6) is 0 Å². The van der Waals surface area contributed by atoms with Gasteiger partial charge >= 0.3 is 235 Å². The second kappa shape index (κ2) is 8.60. The maximum atomic E-state index is 5.31. The Morgan fingerprint density at radius 2 is 1.25 bits per heavy atom. The predicted octanol–water partition coefficient (Wildman–Crippen LogP) is 7.44. The van der Waals surface area contributed by atoms with Gasteiger partial charge in [0.2, 0.25) is 0 Å². The molecule has 3 nitrogen and oxygen atoms in total. The van der Waals surface area contributed by atoms with Crippen molar-refractivity contribution in [2.24, 2.45) is 0 Å². The molecule has 0 fully saturated rings. The van der Waals surface area contributed by atoms with Crippen LogP contribution in [0.4, 0.5) is 0 Å². The zero-order valence-corrected chi connectivity index (χ0v) is 23.7. The van der Waals surface area contributed by atoms with Gasteiger partial charge in [-0.05, 0) is 0 Å². The third-order valence-electron chi connectivity index (χ3n) is 8.62. The quantitative estimate of drug-likeness (QED) is 0.222. The Hall–Kier alpha value is -4.80. The summed E-state index contributed by atoms with van der Waals surface area (Å²) in [5, 5.41) is 5.20. The SMILES string of the molecule is C[SiH-]1(C)c2ccccc2-c2c(-c3ccc4c(c3)c3ccccc3n4-c3ccccc3)nc(-c3ccccc3)nc21. The summed E-state index contributed by atoms with van der Waals surface area (Å²) in [7, 11) is -2.36. The molecule has 0 aliphatic carbocycles. The van der Waals surface area contributed by atoms with Gasteiger partial charge in [-0.25, -0.2) is 0 Å². The molecule has 0 bridgehead atoms. The summed E-state index contributed by atoms with van der Waals surface area (Å²) < 4.78 is 2.36. The van der Waals surface area contributed by atoms with E-state index in [-0.39, 0.29) is 0 Å². The van der Waals surface area contributed by atoms with Crippen molar-refractivity contribution in [3.8, 4) is 39.5 Å². The van der Waals surface area contributed by atoms with Gasteiger partial charge in [-0.2, -0.15) is 0 Å². The van der Waals surface area contributed by atoms with Crippen LogP contribution in [0, 0.1) is 0 Å². The molecule has 0 atom stereocenters. The first-order valence-corrected chi connectivity index (χ1v) is 17.5. The molecule has 0 radical (unpaired) electrons. The van der Waals surface area contributed by atoms with Gasteiger partial charge in [0.25, 0.3) is 0 Å². The van der Waals surface area contributed by atoms with Crippen LogP contribution in [-0.4, -0.2) is 22.6 Å². The Kier molecular flexibility index (Phi) is 4.97. The summed E-state index contributed by atoms with van der Waals surface area (Å²) in [6, 6.07) is 45.5. The molecule has 8 rings (SSSR count). The molecule has 0 amide bonds. The predicted molar refractivity (Wildman–Crippen MR) is 171 cm³/mol. The van der Waals surface area contributed by atoms with Crippen molar-refractivity contribution in [1.29, 1.82) is 0 Å². The molecule has 0 N–H and O–H groups in total. The Bertz CT molecular complexity index is 2080. The summed E-state index contributed by atoms with van der Waals surface area (Å²) in [4.78, 5) is 10.6. The molecule has 0 spiro atoms. The van der Waals surface area contributed by atoms with E-state index in [4.69, 9.17) is 9.97 Å². The molecule has 1 aliphatic heterocycles. The van der Waals surface area contributed by atoms with E-state index in [2.05, 4.69) is 139 Å². The van der Waals surface area contributed by atoms with E-state index in [0.717, 1.165) is 22.6 Å². The monoisotopic (exact) mass is 530 g/mol. The van der Waals surface area contributed by atoms with Crippen molar-refractivity contribution in [2.45, 2.75) is 13.1 Å². The van der Waals surface area contributed by atoms with Gasteiger partial charge in [0.05, 0.1) is 0 Å². The molecule has 0 saturated heterocycles. The fourth-order valence-electron chi connectivity index (χ4n) is 6.67. The second-order valence-electron chi connectivity index (χ2n) is 11.4. The van der Waals surface area contributed by atoms with E-state index in [0.29, 0.717) is 0 Å². The normalized spacial score (nSPS) is 14.2. The molecule has 7 aromatic rings. The topological polar surface area (TPSA) is 30.7 Å². The number of hydrogen-bond donors (Lipinski definition) is 0. The van der Waals surface area contributed by atoms with E-state index in [1.807, 2.05) is 6.07 Å². The summed E-state index contributed by atoms with van der Waals surface area (Å²) in [6.45, 7) is 4.89. The minimum absolute atomic E-state index is 0.807. The van der Waals surface area contributed by atoms with Gasteiger partial charge in [0, 0.05) is 0 Å². The Morgan fingerprint density at radius 1 is 0.575 bits per heavy atom. The van der Waals surface area contributed by atoms with E-state index in [1.165, 1.54) is 49.1 Å². The molecular weight excluding hydrogens is 503 g/mol. The van der Waals surface area contributed by atoms with Gasteiger partial charge < -0.3 is 0 Å². The average Bonchev–Trinajstić information content (AvgIpc) is 3.46. The van der Waals surface area contributed by atoms with Crippen LogP contribution in [0.1, 0.15) is 0 Å². The van der Waals surface area contributed by atoms with Gasteiger partial charge in [-0.3, -0.25) is 0 Å². The number of benzene rings is 5. The van der Waals surface area contributed by atoms with Crippen LogP contribution in [0.2, 0.25) is 13.1 Å². The third-order valence-corrected chi connectivity index (χ3v) is 12.5. The molecule has 0 saturated carbocycles. The summed E-state index contributed by atoms with van der Waals surface area (Å²) in [6.07, 6.45) is 0. The van der Waals surface area contributed by atoms with E-state index in [1.54, 1.807) is 0 Å². The van der Waals surface area contributed by atoms with E-state index >= 15 is 0 Å². The molecule has 2 aromatic heterocycles. The van der Waals surface area contributed by atoms with Crippen molar-refractivity contribution >= 4 is 40.4 Å². The molecule has 4 heteroatoms. The minimum atomic E-state index is -2.36. The van der Waals surface area contributed by atoms with Crippen LogP contribution in [0.25, 0.3) is 61.3 Å². The van der Waals surface area contributed by atoms with Crippen molar-refractivity contribution < 1.29 is 0 Å². The molecule has 0 unspecified atom stereocenters.